The van der Waals surface area contributed by atoms with Gasteiger partial charge in [-0.15, -0.1) is 11.3 Å². The van der Waals surface area contributed by atoms with Crippen molar-refractivity contribution in [2.45, 2.75) is 43.4 Å². The number of nitrogens with one attached hydrogen (secondary N) is 1. The molecule has 0 aromatic carbocycles. The average Bonchev–Trinajstić information content (AvgIpc) is 2.87. The highest BCUT2D eigenvalue weighted by Gasteiger charge is 2.40. The average molecular weight is 289 g/mol. The third kappa shape index (κ3) is 2.61. The first-order chi connectivity index (χ1) is 8.37. The van der Waals surface area contributed by atoms with Gasteiger partial charge in [0.25, 0.3) is 0 Å². The zero-order valence-corrected chi connectivity index (χ0v) is 12.3. The molecule has 2 atom stereocenters. The van der Waals surface area contributed by atoms with E-state index in [2.05, 4.69) is 4.72 Å². The van der Waals surface area contributed by atoms with Crippen LogP contribution in [-0.2, 0) is 10.0 Å². The van der Waals surface area contributed by atoms with Crippen molar-refractivity contribution in [3.63, 3.8) is 0 Å². The molecule has 0 saturated heterocycles. The Morgan fingerprint density at radius 1 is 1.56 bits per heavy atom. The first-order valence-corrected chi connectivity index (χ1v) is 8.37. The van der Waals surface area contributed by atoms with E-state index in [4.69, 9.17) is 0 Å². The van der Waals surface area contributed by atoms with Gasteiger partial charge in [0, 0.05) is 22.9 Å². The molecule has 2 N–H and O–H groups in total. The second-order valence-electron chi connectivity index (χ2n) is 5.24. The van der Waals surface area contributed by atoms with Crippen molar-refractivity contribution in [1.29, 1.82) is 0 Å². The second-order valence-corrected chi connectivity index (χ2v) is 8.47. The molecular formula is C12H19NO3S2. The van der Waals surface area contributed by atoms with Crippen molar-refractivity contribution in [2.75, 3.05) is 6.61 Å². The summed E-state index contributed by atoms with van der Waals surface area (Å²) < 4.78 is 27.5. The quantitative estimate of drug-likeness (QED) is 0.889. The van der Waals surface area contributed by atoms with E-state index in [1.807, 2.05) is 13.8 Å². The molecule has 2 rings (SSSR count). The Balaban J connectivity index is 2.19. The van der Waals surface area contributed by atoms with Gasteiger partial charge in [-0.05, 0) is 31.9 Å². The van der Waals surface area contributed by atoms with E-state index >= 15 is 0 Å². The molecular weight excluding hydrogens is 270 g/mol. The predicted octanol–water partition coefficient (Wildman–Crippen LogP) is 1.89. The minimum atomic E-state index is -3.45. The van der Waals surface area contributed by atoms with Crippen LogP contribution in [0.4, 0.5) is 0 Å². The van der Waals surface area contributed by atoms with E-state index in [0.717, 1.165) is 24.1 Å². The minimum Gasteiger partial charge on any atom is -0.396 e. The van der Waals surface area contributed by atoms with E-state index in [-0.39, 0.29) is 18.1 Å². The molecule has 1 aromatic rings. The topological polar surface area (TPSA) is 66.4 Å². The monoisotopic (exact) mass is 289 g/mol. The summed E-state index contributed by atoms with van der Waals surface area (Å²) in [6.07, 6.45) is 2.61. The lowest BCUT2D eigenvalue weighted by Gasteiger charge is -2.29. The first-order valence-electron chi connectivity index (χ1n) is 6.07. The predicted molar refractivity (Wildman–Crippen MR) is 72.2 cm³/mol. The molecule has 1 aliphatic rings. The van der Waals surface area contributed by atoms with Gasteiger partial charge in [0.1, 0.15) is 4.21 Å². The maximum atomic E-state index is 12.2. The molecule has 0 aliphatic heterocycles. The fourth-order valence-corrected chi connectivity index (χ4v) is 5.13. The van der Waals surface area contributed by atoms with E-state index in [1.165, 1.54) is 11.3 Å². The van der Waals surface area contributed by atoms with E-state index < -0.39 is 10.0 Å². The fourth-order valence-electron chi connectivity index (χ4n) is 2.43. The standard InChI is InChI=1S/C12H19NO3S2/c1-9-5-6-11(17-9)18(15,16)13-10-4-3-7-12(10,2)8-14/h5-6,10,13-14H,3-4,7-8H2,1-2H3. The molecule has 2 unspecified atom stereocenters. The Bertz CT molecular complexity index is 523. The molecule has 1 heterocycles. The molecule has 1 fully saturated rings. The highest BCUT2D eigenvalue weighted by Crippen LogP contribution is 2.38. The summed E-state index contributed by atoms with van der Waals surface area (Å²) in [5.74, 6) is 0. The molecule has 0 radical (unpaired) electrons. The molecule has 1 aliphatic carbocycles. The molecule has 0 amide bonds. The molecule has 0 spiro atoms. The summed E-state index contributed by atoms with van der Waals surface area (Å²) in [6, 6.07) is 3.27. The number of hydrogen-bond acceptors (Lipinski definition) is 4. The Morgan fingerprint density at radius 2 is 2.28 bits per heavy atom. The molecule has 18 heavy (non-hydrogen) atoms. The second kappa shape index (κ2) is 4.92. The van der Waals surface area contributed by atoms with Gasteiger partial charge in [-0.2, -0.15) is 0 Å². The van der Waals surface area contributed by atoms with Gasteiger partial charge < -0.3 is 5.11 Å². The summed E-state index contributed by atoms with van der Waals surface area (Å²) in [7, 11) is -3.45. The summed E-state index contributed by atoms with van der Waals surface area (Å²) >= 11 is 1.27. The van der Waals surface area contributed by atoms with Gasteiger partial charge in [0.05, 0.1) is 0 Å². The Kier molecular flexibility index (Phi) is 3.82. The van der Waals surface area contributed by atoms with Crippen molar-refractivity contribution in [1.82, 2.24) is 4.72 Å². The van der Waals surface area contributed by atoms with Gasteiger partial charge in [-0.3, -0.25) is 0 Å². The van der Waals surface area contributed by atoms with Crippen molar-refractivity contribution >= 4 is 21.4 Å². The highest BCUT2D eigenvalue weighted by molar-refractivity contribution is 7.91. The van der Waals surface area contributed by atoms with Gasteiger partial charge in [-0.1, -0.05) is 13.3 Å². The maximum absolute atomic E-state index is 12.2. The molecule has 1 saturated carbocycles. The number of rotatable bonds is 4. The van der Waals surface area contributed by atoms with Crippen LogP contribution in [0.25, 0.3) is 0 Å². The molecule has 0 bridgehead atoms. The normalized spacial score (nSPS) is 28.7. The van der Waals surface area contributed by atoms with Crippen LogP contribution in [0, 0.1) is 12.3 Å². The van der Waals surface area contributed by atoms with Crippen molar-refractivity contribution in [3.05, 3.63) is 17.0 Å². The number of aliphatic hydroxyl groups excluding tert-OH is 1. The van der Waals surface area contributed by atoms with Crippen LogP contribution in [0.5, 0.6) is 0 Å². The lowest BCUT2D eigenvalue weighted by atomic mass is 9.86. The van der Waals surface area contributed by atoms with Crippen LogP contribution < -0.4 is 4.72 Å². The maximum Gasteiger partial charge on any atom is 0.250 e. The fraction of sp³-hybridized carbons (Fsp3) is 0.667. The van der Waals surface area contributed by atoms with Crippen molar-refractivity contribution < 1.29 is 13.5 Å². The van der Waals surface area contributed by atoms with E-state index in [9.17, 15) is 13.5 Å². The zero-order valence-electron chi connectivity index (χ0n) is 10.6. The summed E-state index contributed by atoms with van der Waals surface area (Å²) in [6.45, 7) is 3.84. The van der Waals surface area contributed by atoms with Crippen LogP contribution >= 0.6 is 11.3 Å². The van der Waals surface area contributed by atoms with Crippen LogP contribution in [0.1, 0.15) is 31.1 Å². The largest absolute Gasteiger partial charge is 0.396 e. The first kappa shape index (κ1) is 14.0. The molecule has 6 heteroatoms. The van der Waals surface area contributed by atoms with Crippen LogP contribution in [-0.4, -0.2) is 26.2 Å². The SMILES string of the molecule is Cc1ccc(S(=O)(=O)NC2CCCC2(C)CO)s1. The Labute approximate surface area is 112 Å². The number of sulfonamides is 1. The third-order valence-corrected chi connectivity index (χ3v) is 6.69. The molecule has 4 nitrogen and oxygen atoms in total. The van der Waals surface area contributed by atoms with E-state index in [1.54, 1.807) is 12.1 Å². The number of aliphatic hydroxyl groups is 1. The van der Waals surface area contributed by atoms with Gasteiger partial charge in [-0.25, -0.2) is 13.1 Å². The van der Waals surface area contributed by atoms with Crippen molar-refractivity contribution in [3.8, 4) is 0 Å². The molecule has 1 aromatic heterocycles. The number of aryl methyl sites for hydroxylation is 1. The van der Waals surface area contributed by atoms with Gasteiger partial charge in [0.2, 0.25) is 10.0 Å². The van der Waals surface area contributed by atoms with Gasteiger partial charge >= 0.3 is 0 Å². The lowest BCUT2D eigenvalue weighted by molar-refractivity contribution is 0.127. The van der Waals surface area contributed by atoms with Crippen LogP contribution in [0.2, 0.25) is 0 Å². The number of thiophene rings is 1. The summed E-state index contributed by atoms with van der Waals surface area (Å²) in [5.41, 5.74) is -0.334. The van der Waals surface area contributed by atoms with Crippen LogP contribution in [0.3, 0.4) is 0 Å². The summed E-state index contributed by atoms with van der Waals surface area (Å²) in [5, 5.41) is 9.44. The zero-order chi connectivity index (χ0) is 13.4. The van der Waals surface area contributed by atoms with Gasteiger partial charge in [0.15, 0.2) is 0 Å². The summed E-state index contributed by atoms with van der Waals surface area (Å²) in [4.78, 5) is 0.978. The third-order valence-electron chi connectivity index (χ3n) is 3.72. The Morgan fingerprint density at radius 3 is 2.83 bits per heavy atom. The minimum absolute atomic E-state index is 0.0175. The van der Waals surface area contributed by atoms with E-state index in [0.29, 0.717) is 4.21 Å². The highest BCUT2D eigenvalue weighted by atomic mass is 32.2. The number of hydrogen-bond donors (Lipinski definition) is 2. The Hall–Kier alpha value is -0.430. The lowest BCUT2D eigenvalue weighted by Crippen LogP contribution is -2.44. The smallest absolute Gasteiger partial charge is 0.250 e. The molecule has 102 valence electrons. The van der Waals surface area contributed by atoms with Crippen molar-refractivity contribution in [2.24, 2.45) is 5.41 Å². The van der Waals surface area contributed by atoms with Crippen LogP contribution in [0.15, 0.2) is 16.3 Å².